The number of ether oxygens (including phenoxy) is 1. The van der Waals surface area contributed by atoms with Gasteiger partial charge in [0.05, 0.1) is 0 Å². The van der Waals surface area contributed by atoms with E-state index in [2.05, 4.69) is 15.6 Å². The fraction of sp³-hybridized carbons (Fsp3) is 0.200. The number of amides is 2. The van der Waals surface area contributed by atoms with Gasteiger partial charge in [-0.25, -0.2) is 9.78 Å². The molecule has 1 aromatic heterocycles. The normalized spacial score (nSPS) is 10.2. The molecule has 2 amide bonds. The Morgan fingerprint density at radius 2 is 1.90 bits per heavy atom. The van der Waals surface area contributed by atoms with Crippen molar-refractivity contribution in [3.63, 3.8) is 0 Å². The minimum atomic E-state index is -0.286. The molecule has 5 heteroatoms. The summed E-state index contributed by atoms with van der Waals surface area (Å²) in [6.45, 7) is 3.79. The van der Waals surface area contributed by atoms with Crippen LogP contribution < -0.4 is 15.4 Å². The van der Waals surface area contributed by atoms with Gasteiger partial charge in [0, 0.05) is 12.2 Å². The Morgan fingerprint density at radius 1 is 1.15 bits per heavy atom. The summed E-state index contributed by atoms with van der Waals surface area (Å²) in [5.74, 6) is 1.02. The molecular weight excluding hydrogens is 254 g/mol. The number of aromatic nitrogens is 1. The zero-order valence-electron chi connectivity index (χ0n) is 11.5. The Kier molecular flexibility index (Phi) is 4.55. The van der Waals surface area contributed by atoms with Crippen LogP contribution in [0.25, 0.3) is 0 Å². The second kappa shape index (κ2) is 6.56. The van der Waals surface area contributed by atoms with E-state index in [4.69, 9.17) is 4.74 Å². The lowest BCUT2D eigenvalue weighted by Gasteiger charge is -2.13. The molecule has 0 aliphatic carbocycles. The monoisotopic (exact) mass is 271 g/mol. The lowest BCUT2D eigenvalue weighted by molar-refractivity contribution is 0.250. The molecule has 0 fully saturated rings. The number of pyridine rings is 1. The number of nitrogens with one attached hydrogen (secondary N) is 2. The van der Waals surface area contributed by atoms with Crippen molar-refractivity contribution in [3.05, 3.63) is 48.7 Å². The zero-order chi connectivity index (χ0) is 14.4. The Balaban J connectivity index is 2.12. The van der Waals surface area contributed by atoms with Crippen molar-refractivity contribution >= 4 is 11.7 Å². The number of para-hydroxylation sites is 1. The second-order valence-corrected chi connectivity index (χ2v) is 4.52. The predicted molar refractivity (Wildman–Crippen MR) is 78.0 cm³/mol. The highest BCUT2D eigenvalue weighted by Crippen LogP contribution is 2.26. The molecule has 0 saturated carbocycles. The first-order valence-electron chi connectivity index (χ1n) is 6.40. The third-order valence-corrected chi connectivity index (χ3v) is 2.40. The average Bonchev–Trinajstić information content (AvgIpc) is 2.41. The van der Waals surface area contributed by atoms with E-state index in [-0.39, 0.29) is 12.1 Å². The molecule has 2 aromatic rings. The maximum atomic E-state index is 11.7. The molecule has 0 aliphatic heterocycles. The molecule has 1 aromatic carbocycles. The number of carbonyl (C=O) groups is 1. The molecule has 20 heavy (non-hydrogen) atoms. The van der Waals surface area contributed by atoms with E-state index in [1.54, 1.807) is 18.3 Å². The van der Waals surface area contributed by atoms with Gasteiger partial charge < -0.3 is 15.4 Å². The van der Waals surface area contributed by atoms with Crippen molar-refractivity contribution in [2.24, 2.45) is 0 Å². The summed E-state index contributed by atoms with van der Waals surface area (Å²) in [7, 11) is 0. The number of hydrogen-bond donors (Lipinski definition) is 2. The van der Waals surface area contributed by atoms with Gasteiger partial charge in [-0.15, -0.1) is 0 Å². The Bertz CT molecular complexity index is 570. The lowest BCUT2D eigenvalue weighted by Crippen LogP contribution is -2.34. The van der Waals surface area contributed by atoms with Crippen molar-refractivity contribution in [3.8, 4) is 11.6 Å². The van der Waals surface area contributed by atoms with Gasteiger partial charge in [-0.05, 0) is 38.1 Å². The summed E-state index contributed by atoms with van der Waals surface area (Å²) in [5, 5.41) is 5.47. The van der Waals surface area contributed by atoms with Crippen LogP contribution >= 0.6 is 0 Å². The van der Waals surface area contributed by atoms with Gasteiger partial charge in [0.1, 0.15) is 11.4 Å². The van der Waals surface area contributed by atoms with Crippen LogP contribution in [0.5, 0.6) is 11.6 Å². The summed E-state index contributed by atoms with van der Waals surface area (Å²) in [4.78, 5) is 15.9. The number of urea groups is 1. The van der Waals surface area contributed by atoms with Gasteiger partial charge in [0.15, 0.2) is 0 Å². The fourth-order valence-corrected chi connectivity index (χ4v) is 1.59. The van der Waals surface area contributed by atoms with Crippen molar-refractivity contribution < 1.29 is 9.53 Å². The average molecular weight is 271 g/mol. The molecule has 0 unspecified atom stereocenters. The Hall–Kier alpha value is -2.56. The van der Waals surface area contributed by atoms with Gasteiger partial charge >= 0.3 is 6.03 Å². The summed E-state index contributed by atoms with van der Waals surface area (Å²) in [5.41, 5.74) is 0.523. The third kappa shape index (κ3) is 3.98. The predicted octanol–water partition coefficient (Wildman–Crippen LogP) is 3.40. The van der Waals surface area contributed by atoms with E-state index < -0.39 is 0 Å². The summed E-state index contributed by atoms with van der Waals surface area (Å²) >= 11 is 0. The Morgan fingerprint density at radius 3 is 2.60 bits per heavy atom. The molecule has 1 heterocycles. The molecule has 0 saturated heterocycles. The van der Waals surface area contributed by atoms with E-state index in [0.717, 1.165) is 0 Å². The molecule has 0 spiro atoms. The van der Waals surface area contributed by atoms with Crippen LogP contribution in [0.4, 0.5) is 10.5 Å². The van der Waals surface area contributed by atoms with E-state index in [1.807, 2.05) is 44.2 Å². The summed E-state index contributed by atoms with van der Waals surface area (Å²) < 4.78 is 5.66. The highest BCUT2D eigenvalue weighted by atomic mass is 16.5. The van der Waals surface area contributed by atoms with Crippen LogP contribution in [0.3, 0.4) is 0 Å². The van der Waals surface area contributed by atoms with Gasteiger partial charge in [-0.3, -0.25) is 0 Å². The minimum absolute atomic E-state index is 0.0603. The number of anilines is 1. The molecule has 5 nitrogen and oxygen atoms in total. The molecule has 0 atom stereocenters. The number of rotatable bonds is 4. The van der Waals surface area contributed by atoms with E-state index in [0.29, 0.717) is 17.3 Å². The molecule has 104 valence electrons. The van der Waals surface area contributed by atoms with Gasteiger partial charge in [-0.1, -0.05) is 18.2 Å². The fourth-order valence-electron chi connectivity index (χ4n) is 1.59. The van der Waals surface area contributed by atoms with Crippen LogP contribution in [0.2, 0.25) is 0 Å². The van der Waals surface area contributed by atoms with E-state index in [1.165, 1.54) is 0 Å². The van der Waals surface area contributed by atoms with Crippen molar-refractivity contribution in [2.45, 2.75) is 19.9 Å². The first-order chi connectivity index (χ1) is 9.65. The molecule has 0 bridgehead atoms. The summed E-state index contributed by atoms with van der Waals surface area (Å²) in [6, 6.07) is 12.6. The number of carbonyl (C=O) groups excluding carboxylic acids is 1. The van der Waals surface area contributed by atoms with Crippen molar-refractivity contribution in [1.29, 1.82) is 0 Å². The maximum Gasteiger partial charge on any atom is 0.319 e. The first kappa shape index (κ1) is 13.9. The molecule has 2 rings (SSSR count). The maximum absolute atomic E-state index is 11.7. The topological polar surface area (TPSA) is 63.2 Å². The molecule has 2 N–H and O–H groups in total. The number of nitrogens with zero attached hydrogens (tertiary/aromatic N) is 1. The smallest absolute Gasteiger partial charge is 0.319 e. The van der Waals surface area contributed by atoms with Crippen LogP contribution in [0.1, 0.15) is 13.8 Å². The quantitative estimate of drug-likeness (QED) is 0.895. The van der Waals surface area contributed by atoms with Gasteiger partial charge in [-0.2, -0.15) is 0 Å². The molecule has 0 radical (unpaired) electrons. The van der Waals surface area contributed by atoms with Crippen LogP contribution in [-0.2, 0) is 0 Å². The number of hydrogen-bond acceptors (Lipinski definition) is 3. The van der Waals surface area contributed by atoms with E-state index in [9.17, 15) is 4.79 Å². The first-order valence-corrected chi connectivity index (χ1v) is 6.40. The molecule has 0 aliphatic rings. The third-order valence-electron chi connectivity index (χ3n) is 2.40. The largest absolute Gasteiger partial charge is 0.437 e. The lowest BCUT2D eigenvalue weighted by atomic mass is 10.3. The van der Waals surface area contributed by atoms with Crippen molar-refractivity contribution in [1.82, 2.24) is 10.3 Å². The Labute approximate surface area is 118 Å². The standard InChI is InChI=1S/C15H17N3O2/c1-11(2)17-15(19)18-13-9-6-10-16-14(13)20-12-7-4-3-5-8-12/h3-11H,1-2H3,(H2,17,18,19). The van der Waals surface area contributed by atoms with Crippen molar-refractivity contribution in [2.75, 3.05) is 5.32 Å². The van der Waals surface area contributed by atoms with Crippen LogP contribution in [-0.4, -0.2) is 17.1 Å². The zero-order valence-corrected chi connectivity index (χ0v) is 11.5. The number of benzene rings is 1. The van der Waals surface area contributed by atoms with E-state index >= 15 is 0 Å². The van der Waals surface area contributed by atoms with Crippen LogP contribution in [0, 0.1) is 0 Å². The second-order valence-electron chi connectivity index (χ2n) is 4.52. The minimum Gasteiger partial charge on any atom is -0.437 e. The van der Waals surface area contributed by atoms with Gasteiger partial charge in [0.25, 0.3) is 0 Å². The van der Waals surface area contributed by atoms with Gasteiger partial charge in [0.2, 0.25) is 5.88 Å². The highest BCUT2D eigenvalue weighted by Gasteiger charge is 2.10. The summed E-state index contributed by atoms with van der Waals surface area (Å²) in [6.07, 6.45) is 1.61. The SMILES string of the molecule is CC(C)NC(=O)Nc1cccnc1Oc1ccccc1. The highest BCUT2D eigenvalue weighted by molar-refractivity contribution is 5.90. The van der Waals surface area contributed by atoms with Crippen LogP contribution in [0.15, 0.2) is 48.7 Å². The molecular formula is C15H17N3O2.